The van der Waals surface area contributed by atoms with Gasteiger partial charge in [0.1, 0.15) is 5.69 Å². The fourth-order valence-corrected chi connectivity index (χ4v) is 3.68. The molecule has 2 heterocycles. The number of benzene rings is 2. The lowest BCUT2D eigenvalue weighted by Gasteiger charge is -2.22. The molecule has 3 aromatic rings. The van der Waals surface area contributed by atoms with E-state index in [1.807, 2.05) is 42.5 Å². The molecule has 7 heteroatoms. The SMILES string of the molecule is O=C(COC(=O)Cc1noc2ccccc12)Nc1ccc(N2CCCCCC2)cc1. The third-order valence-corrected chi connectivity index (χ3v) is 5.25. The fraction of sp³-hybridized carbons (Fsp3) is 0.348. The summed E-state index contributed by atoms with van der Waals surface area (Å²) in [5, 5.41) is 7.43. The zero-order chi connectivity index (χ0) is 20.8. The number of ether oxygens (including phenoxy) is 1. The highest BCUT2D eigenvalue weighted by Crippen LogP contribution is 2.22. The summed E-state index contributed by atoms with van der Waals surface area (Å²) in [7, 11) is 0. The van der Waals surface area contributed by atoms with Gasteiger partial charge in [-0.25, -0.2) is 0 Å². The van der Waals surface area contributed by atoms with Gasteiger partial charge >= 0.3 is 5.97 Å². The summed E-state index contributed by atoms with van der Waals surface area (Å²) in [5.41, 5.74) is 2.96. The molecule has 4 rings (SSSR count). The average Bonchev–Trinajstić information content (AvgIpc) is 2.97. The number of hydrogen-bond donors (Lipinski definition) is 1. The molecule has 1 fully saturated rings. The van der Waals surface area contributed by atoms with E-state index in [0.717, 1.165) is 18.5 Å². The van der Waals surface area contributed by atoms with E-state index in [0.29, 0.717) is 17.0 Å². The lowest BCUT2D eigenvalue weighted by atomic mass is 10.2. The molecule has 2 aromatic carbocycles. The topological polar surface area (TPSA) is 84.7 Å². The molecule has 0 saturated carbocycles. The van der Waals surface area contributed by atoms with Gasteiger partial charge in [0.25, 0.3) is 5.91 Å². The molecule has 7 nitrogen and oxygen atoms in total. The van der Waals surface area contributed by atoms with E-state index < -0.39 is 5.97 Å². The third-order valence-electron chi connectivity index (χ3n) is 5.25. The fourth-order valence-electron chi connectivity index (χ4n) is 3.68. The molecule has 0 radical (unpaired) electrons. The number of rotatable bonds is 6. The maximum atomic E-state index is 12.1. The molecule has 0 unspecified atom stereocenters. The zero-order valence-corrected chi connectivity index (χ0v) is 16.8. The molecule has 1 aromatic heterocycles. The van der Waals surface area contributed by atoms with Crippen molar-refractivity contribution < 1.29 is 18.8 Å². The van der Waals surface area contributed by atoms with Crippen LogP contribution in [0, 0.1) is 0 Å². The summed E-state index contributed by atoms with van der Waals surface area (Å²) >= 11 is 0. The van der Waals surface area contributed by atoms with Crippen molar-refractivity contribution in [2.75, 3.05) is 29.9 Å². The van der Waals surface area contributed by atoms with Crippen LogP contribution in [0.15, 0.2) is 53.1 Å². The minimum absolute atomic E-state index is 0.0468. The Morgan fingerprint density at radius 1 is 1.00 bits per heavy atom. The second kappa shape index (κ2) is 9.43. The van der Waals surface area contributed by atoms with Gasteiger partial charge in [-0.3, -0.25) is 9.59 Å². The maximum absolute atomic E-state index is 12.1. The molecule has 1 aliphatic rings. The minimum atomic E-state index is -0.527. The molecule has 0 bridgehead atoms. The Balaban J connectivity index is 1.25. The van der Waals surface area contributed by atoms with Crippen LogP contribution in [-0.4, -0.2) is 36.7 Å². The van der Waals surface area contributed by atoms with Gasteiger partial charge in [-0.15, -0.1) is 0 Å². The van der Waals surface area contributed by atoms with Crippen LogP contribution in [0.25, 0.3) is 11.0 Å². The van der Waals surface area contributed by atoms with Crippen molar-refractivity contribution in [2.24, 2.45) is 0 Å². The molecule has 1 amide bonds. The summed E-state index contributed by atoms with van der Waals surface area (Å²) in [4.78, 5) is 26.6. The number of para-hydroxylation sites is 1. The molecule has 30 heavy (non-hydrogen) atoms. The first-order valence-corrected chi connectivity index (χ1v) is 10.3. The van der Waals surface area contributed by atoms with E-state index in [1.165, 1.54) is 31.4 Å². The number of nitrogens with one attached hydrogen (secondary N) is 1. The standard InChI is InChI=1S/C23H25N3O4/c27-22(16-29-23(28)15-20-19-7-3-4-8-21(19)30-25-20)24-17-9-11-18(12-10-17)26-13-5-1-2-6-14-26/h3-4,7-12H,1-2,5-6,13-16H2,(H,24,27). The lowest BCUT2D eigenvalue weighted by molar-refractivity contribution is -0.146. The van der Waals surface area contributed by atoms with Crippen molar-refractivity contribution in [3.8, 4) is 0 Å². The minimum Gasteiger partial charge on any atom is -0.455 e. The lowest BCUT2D eigenvalue weighted by Crippen LogP contribution is -2.24. The second-order valence-corrected chi connectivity index (χ2v) is 7.46. The quantitative estimate of drug-likeness (QED) is 0.623. The Morgan fingerprint density at radius 3 is 2.50 bits per heavy atom. The van der Waals surface area contributed by atoms with Gasteiger partial charge < -0.3 is 19.5 Å². The van der Waals surface area contributed by atoms with E-state index in [2.05, 4.69) is 15.4 Å². The van der Waals surface area contributed by atoms with Crippen LogP contribution in [0.1, 0.15) is 31.4 Å². The zero-order valence-electron chi connectivity index (χ0n) is 16.8. The van der Waals surface area contributed by atoms with Crippen LogP contribution in [0.3, 0.4) is 0 Å². The van der Waals surface area contributed by atoms with E-state index in [-0.39, 0.29) is 18.9 Å². The van der Waals surface area contributed by atoms with Gasteiger partial charge in [-0.2, -0.15) is 0 Å². The number of fused-ring (bicyclic) bond motifs is 1. The molecule has 1 saturated heterocycles. The Labute approximate surface area is 175 Å². The summed E-state index contributed by atoms with van der Waals surface area (Å²) in [6.07, 6.45) is 4.96. The predicted octanol–water partition coefficient (Wildman–Crippen LogP) is 3.93. The van der Waals surface area contributed by atoms with Crippen molar-refractivity contribution in [1.29, 1.82) is 0 Å². The predicted molar refractivity (Wildman–Crippen MR) is 114 cm³/mol. The molecule has 0 aliphatic carbocycles. The van der Waals surface area contributed by atoms with Crippen LogP contribution < -0.4 is 10.2 Å². The number of carbonyl (C=O) groups is 2. The molecule has 1 N–H and O–H groups in total. The number of aromatic nitrogens is 1. The van der Waals surface area contributed by atoms with E-state index >= 15 is 0 Å². The van der Waals surface area contributed by atoms with Gasteiger partial charge in [0.15, 0.2) is 12.2 Å². The van der Waals surface area contributed by atoms with Gasteiger partial charge in [0, 0.05) is 29.9 Å². The van der Waals surface area contributed by atoms with Gasteiger partial charge in [-0.05, 0) is 49.2 Å². The van der Waals surface area contributed by atoms with Crippen molar-refractivity contribution >= 4 is 34.2 Å². The number of anilines is 2. The van der Waals surface area contributed by atoms with Gasteiger partial charge in [0.05, 0.1) is 6.42 Å². The number of carbonyl (C=O) groups excluding carboxylic acids is 2. The maximum Gasteiger partial charge on any atom is 0.312 e. The molecule has 0 spiro atoms. The normalized spacial score (nSPS) is 14.3. The van der Waals surface area contributed by atoms with Crippen LogP contribution in [0.4, 0.5) is 11.4 Å². The van der Waals surface area contributed by atoms with E-state index in [9.17, 15) is 9.59 Å². The van der Waals surface area contributed by atoms with Crippen LogP contribution in [-0.2, 0) is 20.7 Å². The smallest absolute Gasteiger partial charge is 0.312 e. The first-order valence-electron chi connectivity index (χ1n) is 10.3. The summed E-state index contributed by atoms with van der Waals surface area (Å²) in [5.74, 6) is -0.906. The molecule has 0 atom stereocenters. The van der Waals surface area contributed by atoms with Crippen LogP contribution in [0.2, 0.25) is 0 Å². The summed E-state index contributed by atoms with van der Waals surface area (Å²) in [6, 6.07) is 15.1. The Morgan fingerprint density at radius 2 is 1.73 bits per heavy atom. The molecular weight excluding hydrogens is 382 g/mol. The summed E-state index contributed by atoms with van der Waals surface area (Å²) in [6.45, 7) is 1.80. The number of esters is 1. The first kappa shape index (κ1) is 19.9. The Bertz CT molecular complexity index is 1000. The third kappa shape index (κ3) is 4.97. The largest absolute Gasteiger partial charge is 0.455 e. The van der Waals surface area contributed by atoms with Gasteiger partial charge in [0.2, 0.25) is 0 Å². The Kier molecular flexibility index (Phi) is 6.27. The highest BCUT2D eigenvalue weighted by atomic mass is 16.5. The monoisotopic (exact) mass is 407 g/mol. The van der Waals surface area contributed by atoms with Crippen LogP contribution in [0.5, 0.6) is 0 Å². The van der Waals surface area contributed by atoms with E-state index in [1.54, 1.807) is 6.07 Å². The van der Waals surface area contributed by atoms with Crippen LogP contribution >= 0.6 is 0 Å². The number of amides is 1. The van der Waals surface area contributed by atoms with E-state index in [4.69, 9.17) is 9.26 Å². The molecular formula is C23H25N3O4. The number of hydrogen-bond acceptors (Lipinski definition) is 6. The van der Waals surface area contributed by atoms with Crippen molar-refractivity contribution in [1.82, 2.24) is 5.16 Å². The van der Waals surface area contributed by atoms with Crippen molar-refractivity contribution in [2.45, 2.75) is 32.1 Å². The highest BCUT2D eigenvalue weighted by molar-refractivity contribution is 5.93. The second-order valence-electron chi connectivity index (χ2n) is 7.46. The van der Waals surface area contributed by atoms with Gasteiger partial charge in [-0.1, -0.05) is 30.1 Å². The number of nitrogens with zero attached hydrogens (tertiary/aromatic N) is 2. The average molecular weight is 407 g/mol. The Hall–Kier alpha value is -3.35. The summed E-state index contributed by atoms with van der Waals surface area (Å²) < 4.78 is 10.3. The molecule has 156 valence electrons. The first-order chi connectivity index (χ1) is 14.7. The molecule has 1 aliphatic heterocycles. The van der Waals surface area contributed by atoms with Crippen molar-refractivity contribution in [3.05, 3.63) is 54.2 Å². The van der Waals surface area contributed by atoms with Crippen molar-refractivity contribution in [3.63, 3.8) is 0 Å². The highest BCUT2D eigenvalue weighted by Gasteiger charge is 2.15.